The molecule has 26 heavy (non-hydrogen) atoms. The Hall–Kier alpha value is -2.35. The molecule has 0 aliphatic rings. The molecule has 2 aromatic rings. The second-order valence-corrected chi connectivity index (χ2v) is 6.43. The van der Waals surface area contributed by atoms with Crippen molar-refractivity contribution in [3.8, 4) is 0 Å². The molecular formula is C17H18ClF3N4O. The van der Waals surface area contributed by atoms with Crippen LogP contribution in [0.2, 0.25) is 5.02 Å². The quantitative estimate of drug-likeness (QED) is 0.744. The monoisotopic (exact) mass is 386 g/mol. The summed E-state index contributed by atoms with van der Waals surface area (Å²) in [7, 11) is 0. The Bertz CT molecular complexity index is 781. The van der Waals surface area contributed by atoms with Gasteiger partial charge in [-0.15, -0.1) is 0 Å². The molecular weight excluding hydrogens is 369 g/mol. The lowest BCUT2D eigenvalue weighted by Gasteiger charge is -2.12. The van der Waals surface area contributed by atoms with Crippen molar-refractivity contribution in [2.24, 2.45) is 5.92 Å². The highest BCUT2D eigenvalue weighted by molar-refractivity contribution is 6.31. The maximum absolute atomic E-state index is 12.9. The average molecular weight is 387 g/mol. The molecule has 0 saturated carbocycles. The van der Waals surface area contributed by atoms with Gasteiger partial charge in [-0.25, -0.2) is 9.97 Å². The number of aromatic nitrogens is 2. The van der Waals surface area contributed by atoms with Crippen molar-refractivity contribution in [2.75, 3.05) is 17.2 Å². The maximum Gasteiger partial charge on any atom is 0.417 e. The van der Waals surface area contributed by atoms with E-state index in [0.717, 1.165) is 18.6 Å². The van der Waals surface area contributed by atoms with Crippen molar-refractivity contribution in [1.82, 2.24) is 9.97 Å². The van der Waals surface area contributed by atoms with Gasteiger partial charge in [0.05, 0.1) is 10.6 Å². The van der Waals surface area contributed by atoms with Crippen LogP contribution < -0.4 is 10.6 Å². The Morgan fingerprint density at radius 1 is 1.27 bits per heavy atom. The molecule has 0 aliphatic carbocycles. The molecule has 0 unspecified atom stereocenters. The standard InChI is InChI=1S/C17H18ClF3N4O/c1-10(2)5-7-22-16-23-8-6-14(25-16)15(26)24-11-3-4-13(18)12(9-11)17(19,20)21/h3-4,6,8-10H,5,7H2,1-2H3,(H,24,26)(H,22,23,25). The minimum atomic E-state index is -4.61. The first-order valence-electron chi connectivity index (χ1n) is 7.92. The molecule has 2 N–H and O–H groups in total. The summed E-state index contributed by atoms with van der Waals surface area (Å²) in [5, 5.41) is 4.95. The molecule has 140 valence electrons. The van der Waals surface area contributed by atoms with Gasteiger partial charge in [0.1, 0.15) is 5.69 Å². The normalized spacial score (nSPS) is 11.5. The molecule has 5 nitrogen and oxygen atoms in total. The van der Waals surface area contributed by atoms with Gasteiger partial charge in [-0.3, -0.25) is 4.79 Å². The summed E-state index contributed by atoms with van der Waals surface area (Å²) in [6, 6.07) is 4.53. The Morgan fingerprint density at radius 2 is 2.00 bits per heavy atom. The molecule has 1 heterocycles. The first-order valence-corrected chi connectivity index (χ1v) is 8.29. The molecule has 2 rings (SSSR count). The van der Waals surface area contributed by atoms with Gasteiger partial charge >= 0.3 is 6.18 Å². The highest BCUT2D eigenvalue weighted by atomic mass is 35.5. The fourth-order valence-corrected chi connectivity index (χ4v) is 2.28. The van der Waals surface area contributed by atoms with E-state index in [0.29, 0.717) is 12.5 Å². The van der Waals surface area contributed by atoms with E-state index in [9.17, 15) is 18.0 Å². The highest BCUT2D eigenvalue weighted by Crippen LogP contribution is 2.36. The smallest absolute Gasteiger partial charge is 0.354 e. The van der Waals surface area contributed by atoms with Crippen LogP contribution in [0, 0.1) is 5.92 Å². The number of alkyl halides is 3. The summed E-state index contributed by atoms with van der Waals surface area (Å²) in [4.78, 5) is 20.3. The molecule has 0 spiro atoms. The lowest BCUT2D eigenvalue weighted by atomic mass is 10.1. The fraction of sp³-hybridized carbons (Fsp3) is 0.353. The first kappa shape index (κ1) is 20.0. The fourth-order valence-electron chi connectivity index (χ4n) is 2.06. The van der Waals surface area contributed by atoms with Gasteiger partial charge in [0.25, 0.3) is 5.91 Å². The first-order chi connectivity index (χ1) is 12.2. The van der Waals surface area contributed by atoms with E-state index < -0.39 is 22.7 Å². The SMILES string of the molecule is CC(C)CCNc1nccc(C(=O)Nc2ccc(Cl)c(C(F)(F)F)c2)n1. The Labute approximate surface area is 154 Å². The van der Waals surface area contributed by atoms with Crippen LogP contribution in [-0.4, -0.2) is 22.4 Å². The molecule has 0 fully saturated rings. The number of rotatable bonds is 6. The van der Waals surface area contributed by atoms with Crippen molar-refractivity contribution in [3.05, 3.63) is 46.7 Å². The summed E-state index contributed by atoms with van der Waals surface area (Å²) in [6.07, 6.45) is -2.30. The number of amides is 1. The summed E-state index contributed by atoms with van der Waals surface area (Å²) in [5.74, 6) is 0.141. The Balaban J connectivity index is 2.10. The molecule has 0 bridgehead atoms. The number of benzene rings is 1. The van der Waals surface area contributed by atoms with E-state index in [1.54, 1.807) is 0 Å². The highest BCUT2D eigenvalue weighted by Gasteiger charge is 2.33. The van der Waals surface area contributed by atoms with Crippen molar-refractivity contribution < 1.29 is 18.0 Å². The number of nitrogens with zero attached hydrogens (tertiary/aromatic N) is 2. The van der Waals surface area contributed by atoms with Gasteiger partial charge in [0.2, 0.25) is 5.95 Å². The Kier molecular flexibility index (Phi) is 6.42. The molecule has 1 amide bonds. The number of nitrogens with one attached hydrogen (secondary N) is 2. The van der Waals surface area contributed by atoms with Gasteiger partial charge in [0, 0.05) is 18.4 Å². The van der Waals surface area contributed by atoms with Gasteiger partial charge in [-0.1, -0.05) is 25.4 Å². The topological polar surface area (TPSA) is 66.9 Å². The van der Waals surface area contributed by atoms with Gasteiger partial charge in [-0.05, 0) is 36.6 Å². The third kappa shape index (κ3) is 5.59. The summed E-state index contributed by atoms with van der Waals surface area (Å²) >= 11 is 5.56. The molecule has 1 aromatic heterocycles. The predicted octanol–water partition coefficient (Wildman–Crippen LogP) is 4.86. The van der Waals surface area contributed by atoms with Crippen LogP contribution in [0.15, 0.2) is 30.5 Å². The van der Waals surface area contributed by atoms with Crippen LogP contribution in [0.5, 0.6) is 0 Å². The van der Waals surface area contributed by atoms with E-state index in [1.165, 1.54) is 18.3 Å². The average Bonchev–Trinajstić information content (AvgIpc) is 2.55. The van der Waals surface area contributed by atoms with E-state index in [-0.39, 0.29) is 17.3 Å². The molecule has 0 radical (unpaired) electrons. The minimum absolute atomic E-state index is 0.0281. The Morgan fingerprint density at radius 3 is 2.65 bits per heavy atom. The number of halogens is 4. The number of hydrogen-bond donors (Lipinski definition) is 2. The second-order valence-electron chi connectivity index (χ2n) is 6.02. The molecule has 0 atom stereocenters. The van der Waals surface area contributed by atoms with Crippen LogP contribution in [-0.2, 0) is 6.18 Å². The van der Waals surface area contributed by atoms with E-state index in [2.05, 4.69) is 34.4 Å². The third-order valence-corrected chi connectivity index (χ3v) is 3.75. The number of carbonyl (C=O) groups is 1. The van der Waals surface area contributed by atoms with Crippen molar-refractivity contribution in [3.63, 3.8) is 0 Å². The van der Waals surface area contributed by atoms with Crippen molar-refractivity contribution >= 4 is 29.1 Å². The third-order valence-electron chi connectivity index (χ3n) is 3.42. The largest absolute Gasteiger partial charge is 0.417 e. The zero-order chi connectivity index (χ0) is 19.3. The van der Waals surface area contributed by atoms with Crippen LogP contribution in [0.25, 0.3) is 0 Å². The number of carbonyl (C=O) groups excluding carboxylic acids is 1. The van der Waals surface area contributed by atoms with Crippen LogP contribution in [0.4, 0.5) is 24.8 Å². The summed E-state index contributed by atoms with van der Waals surface area (Å²) in [6.45, 7) is 4.80. The summed E-state index contributed by atoms with van der Waals surface area (Å²) in [5.41, 5.74) is -1.01. The van der Waals surface area contributed by atoms with E-state index in [1.807, 2.05) is 0 Å². The van der Waals surface area contributed by atoms with Crippen LogP contribution in [0.3, 0.4) is 0 Å². The van der Waals surface area contributed by atoms with Gasteiger partial charge < -0.3 is 10.6 Å². The van der Waals surface area contributed by atoms with Crippen LogP contribution >= 0.6 is 11.6 Å². The lowest BCUT2D eigenvalue weighted by Crippen LogP contribution is -2.16. The molecule has 1 aromatic carbocycles. The van der Waals surface area contributed by atoms with Gasteiger partial charge in [0.15, 0.2) is 0 Å². The maximum atomic E-state index is 12.9. The lowest BCUT2D eigenvalue weighted by molar-refractivity contribution is -0.137. The summed E-state index contributed by atoms with van der Waals surface area (Å²) < 4.78 is 38.7. The molecule has 0 aliphatic heterocycles. The minimum Gasteiger partial charge on any atom is -0.354 e. The van der Waals surface area contributed by atoms with Crippen molar-refractivity contribution in [2.45, 2.75) is 26.4 Å². The second kappa shape index (κ2) is 8.35. The van der Waals surface area contributed by atoms with Gasteiger partial charge in [-0.2, -0.15) is 13.2 Å². The predicted molar refractivity (Wildman–Crippen MR) is 94.4 cm³/mol. The van der Waals surface area contributed by atoms with E-state index >= 15 is 0 Å². The van der Waals surface area contributed by atoms with Crippen LogP contribution in [0.1, 0.15) is 36.3 Å². The zero-order valence-corrected chi connectivity index (χ0v) is 14.9. The number of hydrogen-bond acceptors (Lipinski definition) is 4. The number of anilines is 2. The van der Waals surface area contributed by atoms with Crippen molar-refractivity contribution in [1.29, 1.82) is 0 Å². The van der Waals surface area contributed by atoms with E-state index in [4.69, 9.17) is 11.6 Å². The zero-order valence-electron chi connectivity index (χ0n) is 14.2. The molecule has 9 heteroatoms. The molecule has 0 saturated heterocycles.